The van der Waals surface area contributed by atoms with Gasteiger partial charge < -0.3 is 14.9 Å². The Morgan fingerprint density at radius 3 is 2.95 bits per heavy atom. The van der Waals surface area contributed by atoms with Gasteiger partial charge in [0.25, 0.3) is 0 Å². The molecule has 2 N–H and O–H groups in total. The minimum atomic E-state index is -0.584. The Bertz CT molecular complexity index is 622. The Balaban J connectivity index is 2.45. The molecule has 0 bridgehead atoms. The molecule has 0 unspecified atom stereocenters. The van der Waals surface area contributed by atoms with E-state index in [9.17, 15) is 4.79 Å². The first-order valence-electron chi connectivity index (χ1n) is 5.73. The van der Waals surface area contributed by atoms with Crippen LogP contribution >= 0.6 is 15.9 Å². The van der Waals surface area contributed by atoms with Gasteiger partial charge in [-0.1, -0.05) is 12.1 Å². The lowest BCUT2D eigenvalue weighted by atomic mass is 10.1. The van der Waals surface area contributed by atoms with Gasteiger partial charge in [0.05, 0.1) is 12.2 Å². The summed E-state index contributed by atoms with van der Waals surface area (Å²) in [5, 5.41) is 0. The quantitative estimate of drug-likeness (QED) is 0.877. The largest absolute Gasteiger partial charge is 0.461 e. The lowest BCUT2D eigenvalue weighted by Crippen LogP contribution is -2.07. The smallest absolute Gasteiger partial charge is 0.362 e. The van der Waals surface area contributed by atoms with Crippen molar-refractivity contribution >= 4 is 27.8 Å². The van der Waals surface area contributed by atoms with Crippen molar-refractivity contribution < 1.29 is 13.9 Å². The Kier molecular flexibility index (Phi) is 3.90. The molecule has 2 aromatic rings. The fraction of sp³-hybridized carbons (Fsp3) is 0.231. The number of oxazole rings is 1. The highest BCUT2D eigenvalue weighted by Crippen LogP contribution is 2.32. The minimum Gasteiger partial charge on any atom is -0.461 e. The van der Waals surface area contributed by atoms with E-state index in [1.807, 2.05) is 25.1 Å². The Labute approximate surface area is 118 Å². The average molecular weight is 325 g/mol. The molecule has 0 aliphatic heterocycles. The molecule has 5 nitrogen and oxygen atoms in total. The summed E-state index contributed by atoms with van der Waals surface area (Å²) in [7, 11) is 0. The lowest BCUT2D eigenvalue weighted by Gasteiger charge is -2.02. The Hall–Kier alpha value is -1.82. The van der Waals surface area contributed by atoms with Crippen LogP contribution in [0.1, 0.15) is 23.0 Å². The van der Waals surface area contributed by atoms with Crippen LogP contribution in [0.3, 0.4) is 0 Å². The van der Waals surface area contributed by atoms with E-state index in [0.717, 1.165) is 15.6 Å². The van der Waals surface area contributed by atoms with E-state index in [1.165, 1.54) is 0 Å². The number of carbonyl (C=O) groups is 1. The third-order valence-electron chi connectivity index (χ3n) is 2.54. The predicted molar refractivity (Wildman–Crippen MR) is 74.7 cm³/mol. The maximum absolute atomic E-state index is 11.6. The summed E-state index contributed by atoms with van der Waals surface area (Å²) >= 11 is 3.46. The second-order valence-corrected chi connectivity index (χ2v) is 4.68. The van der Waals surface area contributed by atoms with Gasteiger partial charge in [-0.3, -0.25) is 0 Å². The number of hydrogen-bond donors (Lipinski definition) is 1. The molecule has 1 heterocycles. The molecule has 100 valence electrons. The van der Waals surface area contributed by atoms with Crippen LogP contribution in [-0.4, -0.2) is 17.6 Å². The number of hydrogen-bond acceptors (Lipinski definition) is 5. The van der Waals surface area contributed by atoms with E-state index < -0.39 is 5.97 Å². The SMILES string of the molecule is CCOC(=O)c1nc(-c2cccc(C)c2Br)oc1N. The van der Waals surface area contributed by atoms with Crippen molar-refractivity contribution in [2.45, 2.75) is 13.8 Å². The van der Waals surface area contributed by atoms with Gasteiger partial charge in [0.1, 0.15) is 0 Å². The molecule has 1 aromatic carbocycles. The molecule has 0 amide bonds. The summed E-state index contributed by atoms with van der Waals surface area (Å²) in [6, 6.07) is 5.66. The Morgan fingerprint density at radius 1 is 1.53 bits per heavy atom. The summed E-state index contributed by atoms with van der Waals surface area (Å²) in [5.41, 5.74) is 7.43. The molecule has 0 atom stereocenters. The third kappa shape index (κ3) is 2.63. The molecule has 0 saturated carbocycles. The molecular weight excluding hydrogens is 312 g/mol. The number of anilines is 1. The van der Waals surface area contributed by atoms with Crippen LogP contribution in [0.15, 0.2) is 27.1 Å². The molecular formula is C13H13BrN2O3. The van der Waals surface area contributed by atoms with E-state index in [4.69, 9.17) is 14.9 Å². The summed E-state index contributed by atoms with van der Waals surface area (Å²) in [6.07, 6.45) is 0. The zero-order valence-electron chi connectivity index (χ0n) is 10.6. The molecule has 19 heavy (non-hydrogen) atoms. The number of aromatic nitrogens is 1. The summed E-state index contributed by atoms with van der Waals surface area (Å²) in [5.74, 6) is -0.336. The Morgan fingerprint density at radius 2 is 2.26 bits per heavy atom. The standard InChI is InChI=1S/C13H13BrN2O3/c1-3-18-13(17)10-11(15)19-12(16-10)8-6-4-5-7(2)9(8)14/h4-6H,3,15H2,1-2H3. The van der Waals surface area contributed by atoms with E-state index in [1.54, 1.807) is 6.92 Å². The van der Waals surface area contributed by atoms with Gasteiger partial charge in [-0.05, 0) is 41.4 Å². The van der Waals surface area contributed by atoms with E-state index in [-0.39, 0.29) is 24.1 Å². The molecule has 0 spiro atoms. The van der Waals surface area contributed by atoms with Gasteiger partial charge in [0.15, 0.2) is 0 Å². The van der Waals surface area contributed by atoms with Crippen molar-refractivity contribution in [3.8, 4) is 11.5 Å². The first-order chi connectivity index (χ1) is 9.04. The molecule has 0 saturated heterocycles. The van der Waals surface area contributed by atoms with Crippen LogP contribution in [-0.2, 0) is 4.74 Å². The van der Waals surface area contributed by atoms with E-state index in [2.05, 4.69) is 20.9 Å². The topological polar surface area (TPSA) is 78.3 Å². The summed E-state index contributed by atoms with van der Waals surface area (Å²) in [4.78, 5) is 15.7. The zero-order chi connectivity index (χ0) is 14.0. The highest BCUT2D eigenvalue weighted by Gasteiger charge is 2.21. The van der Waals surface area contributed by atoms with Gasteiger partial charge in [-0.25, -0.2) is 4.79 Å². The van der Waals surface area contributed by atoms with Crippen molar-refractivity contribution in [3.05, 3.63) is 33.9 Å². The summed E-state index contributed by atoms with van der Waals surface area (Å²) < 4.78 is 11.1. The first kappa shape index (κ1) is 13.6. The van der Waals surface area contributed by atoms with Crippen molar-refractivity contribution in [2.75, 3.05) is 12.3 Å². The van der Waals surface area contributed by atoms with Crippen molar-refractivity contribution in [2.24, 2.45) is 0 Å². The monoisotopic (exact) mass is 324 g/mol. The molecule has 0 aliphatic rings. The second kappa shape index (κ2) is 5.44. The number of esters is 1. The van der Waals surface area contributed by atoms with Crippen LogP contribution in [0.5, 0.6) is 0 Å². The highest BCUT2D eigenvalue weighted by molar-refractivity contribution is 9.10. The van der Waals surface area contributed by atoms with Gasteiger partial charge in [0.2, 0.25) is 17.5 Å². The number of rotatable bonds is 3. The molecule has 0 fully saturated rings. The number of benzene rings is 1. The number of aryl methyl sites for hydroxylation is 1. The number of nitrogen functional groups attached to an aromatic ring is 1. The zero-order valence-corrected chi connectivity index (χ0v) is 12.2. The maximum Gasteiger partial charge on any atom is 0.362 e. The third-order valence-corrected chi connectivity index (χ3v) is 3.60. The lowest BCUT2D eigenvalue weighted by molar-refractivity contribution is 0.0521. The summed E-state index contributed by atoms with van der Waals surface area (Å²) in [6.45, 7) is 3.92. The predicted octanol–water partition coefficient (Wildman–Crippen LogP) is 3.17. The van der Waals surface area contributed by atoms with Crippen molar-refractivity contribution in [3.63, 3.8) is 0 Å². The second-order valence-electron chi connectivity index (χ2n) is 3.89. The number of nitrogens with two attached hydrogens (primary N) is 1. The fourth-order valence-electron chi connectivity index (χ4n) is 1.61. The number of carbonyl (C=O) groups excluding carboxylic acids is 1. The van der Waals surface area contributed by atoms with Gasteiger partial charge in [-0.15, -0.1) is 0 Å². The minimum absolute atomic E-state index is 0.00487. The van der Waals surface area contributed by atoms with Crippen molar-refractivity contribution in [1.82, 2.24) is 4.98 Å². The molecule has 2 rings (SSSR count). The van der Waals surface area contributed by atoms with Crippen LogP contribution in [0.2, 0.25) is 0 Å². The van der Waals surface area contributed by atoms with Crippen LogP contribution in [0.4, 0.5) is 5.88 Å². The number of halogens is 1. The molecule has 0 radical (unpaired) electrons. The van der Waals surface area contributed by atoms with Gasteiger partial charge >= 0.3 is 5.97 Å². The van der Waals surface area contributed by atoms with E-state index >= 15 is 0 Å². The molecule has 1 aromatic heterocycles. The number of ether oxygens (including phenoxy) is 1. The van der Waals surface area contributed by atoms with Crippen molar-refractivity contribution in [1.29, 1.82) is 0 Å². The highest BCUT2D eigenvalue weighted by atomic mass is 79.9. The average Bonchev–Trinajstić information content (AvgIpc) is 2.75. The number of nitrogens with zero attached hydrogens (tertiary/aromatic N) is 1. The van der Waals surface area contributed by atoms with Crippen LogP contribution < -0.4 is 5.73 Å². The fourth-order valence-corrected chi connectivity index (χ4v) is 2.04. The van der Waals surface area contributed by atoms with Crippen LogP contribution in [0, 0.1) is 6.92 Å². The first-order valence-corrected chi connectivity index (χ1v) is 6.52. The van der Waals surface area contributed by atoms with Gasteiger partial charge in [0, 0.05) is 4.47 Å². The van der Waals surface area contributed by atoms with Crippen LogP contribution in [0.25, 0.3) is 11.5 Å². The normalized spacial score (nSPS) is 10.5. The molecule has 0 aliphatic carbocycles. The van der Waals surface area contributed by atoms with Gasteiger partial charge in [-0.2, -0.15) is 4.98 Å². The molecule has 6 heteroatoms. The van der Waals surface area contributed by atoms with E-state index in [0.29, 0.717) is 0 Å². The maximum atomic E-state index is 11.6.